The highest BCUT2D eigenvalue weighted by atomic mass is 16.5. The van der Waals surface area contributed by atoms with Gasteiger partial charge >= 0.3 is 0 Å². The number of aliphatic hydroxyl groups excluding tert-OH is 1. The first-order chi connectivity index (χ1) is 10.3. The first kappa shape index (κ1) is 15.9. The molecule has 1 aromatic carbocycles. The lowest BCUT2D eigenvalue weighted by Gasteiger charge is -2.24. The van der Waals surface area contributed by atoms with Crippen LogP contribution in [0.4, 0.5) is 0 Å². The van der Waals surface area contributed by atoms with Crippen molar-refractivity contribution in [2.24, 2.45) is 5.92 Å². The van der Waals surface area contributed by atoms with E-state index in [1.165, 1.54) is 25.7 Å². The number of aliphatic hydroxyl groups is 1. The summed E-state index contributed by atoms with van der Waals surface area (Å²) in [6.45, 7) is 1.53. The van der Waals surface area contributed by atoms with E-state index in [0.29, 0.717) is 13.0 Å². The van der Waals surface area contributed by atoms with Crippen LogP contribution in [-0.4, -0.2) is 25.4 Å². The Morgan fingerprint density at radius 3 is 2.86 bits per heavy atom. The lowest BCUT2D eigenvalue weighted by molar-refractivity contribution is 0.0949. The summed E-state index contributed by atoms with van der Waals surface area (Å²) in [4.78, 5) is 0. The molecule has 0 heterocycles. The van der Waals surface area contributed by atoms with Gasteiger partial charge in [-0.1, -0.05) is 37.2 Å². The Kier molecular flexibility index (Phi) is 6.59. The number of ether oxygens (including phenoxy) is 2. The van der Waals surface area contributed by atoms with Crippen molar-refractivity contribution in [2.45, 2.75) is 38.7 Å². The molecule has 0 bridgehead atoms. The van der Waals surface area contributed by atoms with Crippen molar-refractivity contribution in [3.05, 3.63) is 29.3 Å². The number of hydrogen-bond acceptors (Lipinski definition) is 3. The maximum atomic E-state index is 8.78. The molecule has 0 amide bonds. The Balaban J connectivity index is 1.87. The SMILES string of the molecule is COc1ccc(COCCC2CCC2)cc1C#CCCO. The minimum Gasteiger partial charge on any atom is -0.495 e. The van der Waals surface area contributed by atoms with Crippen LogP contribution in [0.3, 0.4) is 0 Å². The zero-order valence-corrected chi connectivity index (χ0v) is 12.7. The van der Waals surface area contributed by atoms with Gasteiger partial charge in [0.25, 0.3) is 0 Å². The predicted octanol–water partition coefficient (Wildman–Crippen LogP) is 3.14. The van der Waals surface area contributed by atoms with Crippen LogP contribution < -0.4 is 4.74 Å². The first-order valence-electron chi connectivity index (χ1n) is 7.68. The molecule has 0 atom stereocenters. The molecule has 2 rings (SSSR count). The van der Waals surface area contributed by atoms with Crippen LogP contribution >= 0.6 is 0 Å². The minimum atomic E-state index is 0.0826. The molecule has 1 aliphatic carbocycles. The molecule has 3 nitrogen and oxygen atoms in total. The molecule has 0 unspecified atom stereocenters. The van der Waals surface area contributed by atoms with Crippen LogP contribution in [0, 0.1) is 17.8 Å². The maximum absolute atomic E-state index is 8.78. The Labute approximate surface area is 127 Å². The molecule has 1 fully saturated rings. The predicted molar refractivity (Wildman–Crippen MR) is 83.2 cm³/mol. The van der Waals surface area contributed by atoms with Crippen LogP contribution in [0.25, 0.3) is 0 Å². The normalized spacial score (nSPS) is 14.2. The molecule has 3 heteroatoms. The van der Waals surface area contributed by atoms with Crippen molar-refractivity contribution in [1.29, 1.82) is 0 Å². The molecule has 114 valence electrons. The van der Waals surface area contributed by atoms with Gasteiger partial charge in [-0.15, -0.1) is 0 Å². The molecular weight excluding hydrogens is 264 g/mol. The van der Waals surface area contributed by atoms with Gasteiger partial charge in [-0.3, -0.25) is 0 Å². The smallest absolute Gasteiger partial charge is 0.134 e. The van der Waals surface area contributed by atoms with Crippen molar-refractivity contribution in [3.8, 4) is 17.6 Å². The second kappa shape index (κ2) is 8.71. The molecule has 1 aliphatic rings. The van der Waals surface area contributed by atoms with E-state index in [2.05, 4.69) is 11.8 Å². The number of methoxy groups -OCH3 is 1. The lowest BCUT2D eigenvalue weighted by atomic mass is 9.83. The minimum absolute atomic E-state index is 0.0826. The van der Waals surface area contributed by atoms with E-state index in [9.17, 15) is 0 Å². The van der Waals surface area contributed by atoms with Crippen LogP contribution in [0.2, 0.25) is 0 Å². The average Bonchev–Trinajstić information content (AvgIpc) is 2.46. The summed E-state index contributed by atoms with van der Waals surface area (Å²) in [7, 11) is 1.64. The maximum Gasteiger partial charge on any atom is 0.134 e. The summed E-state index contributed by atoms with van der Waals surface area (Å²) in [6, 6.07) is 5.94. The fourth-order valence-corrected chi connectivity index (χ4v) is 2.38. The van der Waals surface area contributed by atoms with E-state index >= 15 is 0 Å². The molecule has 1 N–H and O–H groups in total. The molecule has 21 heavy (non-hydrogen) atoms. The van der Waals surface area contributed by atoms with Crippen molar-refractivity contribution in [2.75, 3.05) is 20.3 Å². The summed E-state index contributed by atoms with van der Waals surface area (Å²) >= 11 is 0. The van der Waals surface area contributed by atoms with E-state index in [-0.39, 0.29) is 6.61 Å². The Hall–Kier alpha value is -1.50. The van der Waals surface area contributed by atoms with E-state index < -0.39 is 0 Å². The van der Waals surface area contributed by atoms with Crippen molar-refractivity contribution >= 4 is 0 Å². The second-order valence-corrected chi connectivity index (χ2v) is 5.45. The van der Waals surface area contributed by atoms with E-state index in [1.54, 1.807) is 7.11 Å². The largest absolute Gasteiger partial charge is 0.495 e. The molecule has 0 spiro atoms. The van der Waals surface area contributed by atoms with Gasteiger partial charge in [0.15, 0.2) is 0 Å². The highest BCUT2D eigenvalue weighted by Crippen LogP contribution is 2.29. The zero-order valence-electron chi connectivity index (χ0n) is 12.7. The third-order valence-corrected chi connectivity index (χ3v) is 3.89. The highest BCUT2D eigenvalue weighted by Gasteiger charge is 2.16. The van der Waals surface area contributed by atoms with Gasteiger partial charge in [-0.2, -0.15) is 0 Å². The Morgan fingerprint density at radius 1 is 1.33 bits per heavy atom. The van der Waals surface area contributed by atoms with Crippen molar-refractivity contribution in [1.82, 2.24) is 0 Å². The fourth-order valence-electron chi connectivity index (χ4n) is 2.38. The van der Waals surface area contributed by atoms with E-state index in [1.807, 2.05) is 18.2 Å². The third-order valence-electron chi connectivity index (χ3n) is 3.89. The van der Waals surface area contributed by atoms with E-state index in [4.69, 9.17) is 14.6 Å². The summed E-state index contributed by atoms with van der Waals surface area (Å²) < 4.78 is 11.1. The average molecular weight is 288 g/mol. The van der Waals surface area contributed by atoms with Crippen LogP contribution in [-0.2, 0) is 11.3 Å². The molecule has 0 saturated heterocycles. The lowest BCUT2D eigenvalue weighted by Crippen LogP contribution is -2.13. The molecule has 1 aromatic rings. The van der Waals surface area contributed by atoms with E-state index in [0.717, 1.165) is 29.4 Å². The monoisotopic (exact) mass is 288 g/mol. The highest BCUT2D eigenvalue weighted by molar-refractivity contribution is 5.48. The van der Waals surface area contributed by atoms with Crippen LogP contribution in [0.15, 0.2) is 18.2 Å². The fraction of sp³-hybridized carbons (Fsp3) is 0.556. The molecule has 0 radical (unpaired) electrons. The van der Waals surface area contributed by atoms with Gasteiger partial charge in [0.05, 0.1) is 25.9 Å². The number of hydrogen-bond donors (Lipinski definition) is 1. The van der Waals surface area contributed by atoms with Gasteiger partial charge in [-0.05, 0) is 30.0 Å². The second-order valence-electron chi connectivity index (χ2n) is 5.45. The molecule has 0 aromatic heterocycles. The number of rotatable bonds is 7. The molecular formula is C18H24O3. The summed E-state index contributed by atoms with van der Waals surface area (Å²) in [5, 5.41) is 8.78. The van der Waals surface area contributed by atoms with Crippen molar-refractivity contribution < 1.29 is 14.6 Å². The summed E-state index contributed by atoms with van der Waals surface area (Å²) in [5.41, 5.74) is 1.96. The quantitative estimate of drug-likeness (QED) is 0.619. The van der Waals surface area contributed by atoms with Gasteiger partial charge in [0, 0.05) is 13.0 Å². The van der Waals surface area contributed by atoms with Crippen LogP contribution in [0.5, 0.6) is 5.75 Å². The van der Waals surface area contributed by atoms with Gasteiger partial charge in [-0.25, -0.2) is 0 Å². The Morgan fingerprint density at radius 2 is 2.19 bits per heavy atom. The zero-order chi connectivity index (χ0) is 14.9. The Bertz CT molecular complexity index is 495. The topological polar surface area (TPSA) is 38.7 Å². The first-order valence-corrected chi connectivity index (χ1v) is 7.68. The molecule has 1 saturated carbocycles. The van der Waals surface area contributed by atoms with Gasteiger partial charge in [0.2, 0.25) is 0 Å². The van der Waals surface area contributed by atoms with Gasteiger partial charge in [0.1, 0.15) is 5.75 Å². The summed E-state index contributed by atoms with van der Waals surface area (Å²) in [5.74, 6) is 7.62. The number of benzene rings is 1. The van der Waals surface area contributed by atoms with Crippen molar-refractivity contribution in [3.63, 3.8) is 0 Å². The van der Waals surface area contributed by atoms with Gasteiger partial charge < -0.3 is 14.6 Å². The molecule has 0 aliphatic heterocycles. The third kappa shape index (κ3) is 5.08. The standard InChI is InChI=1S/C18H24O3/c1-20-18-9-8-16(13-17(18)7-2-3-11-19)14-21-12-10-15-5-4-6-15/h8-9,13,15,19H,3-6,10-12,14H2,1H3. The summed E-state index contributed by atoms with van der Waals surface area (Å²) in [6.07, 6.45) is 5.79. The van der Waals surface area contributed by atoms with Crippen LogP contribution in [0.1, 0.15) is 43.2 Å².